The summed E-state index contributed by atoms with van der Waals surface area (Å²) in [5.74, 6) is -0.773. The summed E-state index contributed by atoms with van der Waals surface area (Å²) in [7, 11) is 0. The maximum atomic E-state index is 11.0. The molecular formula is C13H25NO3. The zero-order valence-corrected chi connectivity index (χ0v) is 10.8. The van der Waals surface area contributed by atoms with Gasteiger partial charge in [0, 0.05) is 6.61 Å². The predicted octanol–water partition coefficient (Wildman–Crippen LogP) is 2.18. The molecule has 100 valence electrons. The Morgan fingerprint density at radius 2 is 2.12 bits per heavy atom. The summed E-state index contributed by atoms with van der Waals surface area (Å²) in [6, 6.07) is -0.460. The van der Waals surface area contributed by atoms with E-state index in [0.717, 1.165) is 25.8 Å². The van der Waals surface area contributed by atoms with Crippen molar-refractivity contribution in [3.63, 3.8) is 0 Å². The monoisotopic (exact) mass is 243 g/mol. The van der Waals surface area contributed by atoms with Crippen molar-refractivity contribution < 1.29 is 14.6 Å². The first-order valence-corrected chi connectivity index (χ1v) is 6.81. The predicted molar refractivity (Wildman–Crippen MR) is 67.2 cm³/mol. The lowest BCUT2D eigenvalue weighted by Gasteiger charge is -2.23. The topological polar surface area (TPSA) is 58.6 Å². The number of hydrogen-bond acceptors (Lipinski definition) is 3. The summed E-state index contributed by atoms with van der Waals surface area (Å²) in [4.78, 5) is 11.0. The highest BCUT2D eigenvalue weighted by atomic mass is 16.5. The van der Waals surface area contributed by atoms with Gasteiger partial charge in [0.15, 0.2) is 0 Å². The molecule has 0 spiro atoms. The van der Waals surface area contributed by atoms with Crippen LogP contribution in [0.3, 0.4) is 0 Å². The molecule has 0 aromatic carbocycles. The van der Waals surface area contributed by atoms with Crippen LogP contribution in [-0.4, -0.2) is 36.4 Å². The van der Waals surface area contributed by atoms with E-state index in [1.165, 1.54) is 19.3 Å². The first-order chi connectivity index (χ1) is 8.24. The third-order valence-corrected chi connectivity index (χ3v) is 3.25. The first-order valence-electron chi connectivity index (χ1n) is 6.81. The summed E-state index contributed by atoms with van der Waals surface area (Å²) in [5, 5.41) is 12.0. The normalized spacial score (nSPS) is 19.1. The lowest BCUT2D eigenvalue weighted by atomic mass is 9.98. The summed E-state index contributed by atoms with van der Waals surface area (Å²) in [6.07, 6.45) is 7.97. The summed E-state index contributed by atoms with van der Waals surface area (Å²) < 4.78 is 5.74. The highest BCUT2D eigenvalue weighted by molar-refractivity contribution is 5.73. The Hall–Kier alpha value is -0.610. The lowest BCUT2D eigenvalue weighted by molar-refractivity contribution is -0.140. The van der Waals surface area contributed by atoms with Gasteiger partial charge in [-0.25, -0.2) is 0 Å². The Balaban J connectivity index is 2.14. The second-order valence-corrected chi connectivity index (χ2v) is 4.76. The zero-order chi connectivity index (χ0) is 12.5. The van der Waals surface area contributed by atoms with E-state index in [1.54, 1.807) is 0 Å². The summed E-state index contributed by atoms with van der Waals surface area (Å²) in [6.45, 7) is 3.34. The van der Waals surface area contributed by atoms with Gasteiger partial charge in [-0.2, -0.15) is 0 Å². The first kappa shape index (κ1) is 14.5. The molecule has 2 N–H and O–H groups in total. The summed E-state index contributed by atoms with van der Waals surface area (Å²) >= 11 is 0. The van der Waals surface area contributed by atoms with Crippen molar-refractivity contribution >= 4 is 5.97 Å². The highest BCUT2D eigenvalue weighted by Crippen LogP contribution is 2.20. The van der Waals surface area contributed by atoms with Gasteiger partial charge in [0.2, 0.25) is 0 Å². The van der Waals surface area contributed by atoms with Gasteiger partial charge in [0.25, 0.3) is 0 Å². The van der Waals surface area contributed by atoms with Gasteiger partial charge >= 0.3 is 5.97 Å². The molecule has 1 aliphatic carbocycles. The van der Waals surface area contributed by atoms with E-state index in [-0.39, 0.29) is 0 Å². The van der Waals surface area contributed by atoms with Crippen LogP contribution in [0.2, 0.25) is 0 Å². The molecule has 4 heteroatoms. The van der Waals surface area contributed by atoms with Crippen LogP contribution in [0.25, 0.3) is 0 Å². The van der Waals surface area contributed by atoms with Crippen LogP contribution in [0.5, 0.6) is 0 Å². The van der Waals surface area contributed by atoms with Crippen LogP contribution in [0, 0.1) is 0 Å². The largest absolute Gasteiger partial charge is 0.480 e. The molecule has 1 saturated carbocycles. The van der Waals surface area contributed by atoms with E-state index in [2.05, 4.69) is 5.32 Å². The maximum Gasteiger partial charge on any atom is 0.320 e. The third kappa shape index (κ3) is 6.03. The molecule has 1 atom stereocenters. The maximum absolute atomic E-state index is 11.0. The molecule has 17 heavy (non-hydrogen) atoms. The van der Waals surface area contributed by atoms with Crippen molar-refractivity contribution in [2.45, 2.75) is 64.0 Å². The standard InChI is InChI=1S/C13H25NO3/c1-2-9-14-12(13(15)16)8-10-17-11-6-4-3-5-7-11/h11-12,14H,2-10H2,1H3,(H,15,16). The van der Waals surface area contributed by atoms with Gasteiger partial charge < -0.3 is 15.2 Å². The van der Waals surface area contributed by atoms with Crippen LogP contribution in [-0.2, 0) is 9.53 Å². The number of rotatable bonds is 8. The van der Waals surface area contributed by atoms with Crippen LogP contribution in [0.15, 0.2) is 0 Å². The van der Waals surface area contributed by atoms with Crippen molar-refractivity contribution in [3.05, 3.63) is 0 Å². The Morgan fingerprint density at radius 1 is 1.41 bits per heavy atom. The van der Waals surface area contributed by atoms with Crippen molar-refractivity contribution in [1.29, 1.82) is 0 Å². The second-order valence-electron chi connectivity index (χ2n) is 4.76. The van der Waals surface area contributed by atoms with Gasteiger partial charge in [-0.3, -0.25) is 4.79 Å². The van der Waals surface area contributed by atoms with Crippen LogP contribution < -0.4 is 5.32 Å². The Labute approximate surface area is 104 Å². The van der Waals surface area contributed by atoms with Crippen molar-refractivity contribution in [1.82, 2.24) is 5.32 Å². The van der Waals surface area contributed by atoms with E-state index in [1.807, 2.05) is 6.92 Å². The fraction of sp³-hybridized carbons (Fsp3) is 0.923. The number of ether oxygens (including phenoxy) is 1. The number of carboxylic acid groups (broad SMARTS) is 1. The van der Waals surface area contributed by atoms with Crippen LogP contribution in [0.4, 0.5) is 0 Å². The van der Waals surface area contributed by atoms with E-state index in [4.69, 9.17) is 9.84 Å². The van der Waals surface area contributed by atoms with E-state index in [0.29, 0.717) is 19.1 Å². The molecule has 0 aliphatic heterocycles. The molecule has 1 fully saturated rings. The van der Waals surface area contributed by atoms with Crippen LogP contribution >= 0.6 is 0 Å². The summed E-state index contributed by atoms with van der Waals surface area (Å²) in [5.41, 5.74) is 0. The molecule has 0 saturated heterocycles. The molecule has 0 aromatic heterocycles. The molecule has 0 bridgehead atoms. The Kier molecular flexibility index (Phi) is 7.21. The van der Waals surface area contributed by atoms with Gasteiger partial charge in [0.1, 0.15) is 6.04 Å². The smallest absolute Gasteiger partial charge is 0.320 e. The molecule has 0 amide bonds. The van der Waals surface area contributed by atoms with Gasteiger partial charge in [-0.1, -0.05) is 26.2 Å². The molecule has 1 aliphatic rings. The molecule has 4 nitrogen and oxygen atoms in total. The number of nitrogens with one attached hydrogen (secondary N) is 1. The number of aliphatic carboxylic acids is 1. The fourth-order valence-corrected chi connectivity index (χ4v) is 2.22. The minimum atomic E-state index is -0.773. The lowest BCUT2D eigenvalue weighted by Crippen LogP contribution is -2.38. The third-order valence-electron chi connectivity index (χ3n) is 3.25. The average Bonchev–Trinajstić information content (AvgIpc) is 2.34. The molecule has 0 heterocycles. The molecule has 0 aromatic rings. The molecule has 0 radical (unpaired) electrons. The minimum absolute atomic E-state index is 0.365. The quantitative estimate of drug-likeness (QED) is 0.686. The molecule has 1 unspecified atom stereocenters. The van der Waals surface area contributed by atoms with Crippen molar-refractivity contribution in [3.8, 4) is 0 Å². The van der Waals surface area contributed by atoms with Gasteiger partial charge in [-0.05, 0) is 32.2 Å². The SMILES string of the molecule is CCCNC(CCOC1CCCCC1)C(=O)O. The van der Waals surface area contributed by atoms with E-state index >= 15 is 0 Å². The van der Waals surface area contributed by atoms with E-state index < -0.39 is 12.0 Å². The average molecular weight is 243 g/mol. The van der Waals surface area contributed by atoms with E-state index in [9.17, 15) is 4.79 Å². The second kappa shape index (κ2) is 8.48. The fourth-order valence-electron chi connectivity index (χ4n) is 2.22. The Morgan fingerprint density at radius 3 is 2.71 bits per heavy atom. The number of carboxylic acids is 1. The molecule has 1 rings (SSSR count). The van der Waals surface area contributed by atoms with Gasteiger partial charge in [-0.15, -0.1) is 0 Å². The van der Waals surface area contributed by atoms with Crippen LogP contribution in [0.1, 0.15) is 51.9 Å². The minimum Gasteiger partial charge on any atom is -0.480 e. The van der Waals surface area contributed by atoms with Crippen molar-refractivity contribution in [2.75, 3.05) is 13.2 Å². The molecular weight excluding hydrogens is 218 g/mol. The number of carbonyl (C=O) groups is 1. The highest BCUT2D eigenvalue weighted by Gasteiger charge is 2.18. The number of hydrogen-bond donors (Lipinski definition) is 2. The van der Waals surface area contributed by atoms with Crippen molar-refractivity contribution in [2.24, 2.45) is 0 Å². The zero-order valence-electron chi connectivity index (χ0n) is 10.8. The van der Waals surface area contributed by atoms with Gasteiger partial charge in [0.05, 0.1) is 6.10 Å². The Bertz CT molecular complexity index is 215.